The van der Waals surface area contributed by atoms with Gasteiger partial charge in [0, 0.05) is 31.4 Å². The van der Waals surface area contributed by atoms with Crippen LogP contribution in [0.5, 0.6) is 0 Å². The van der Waals surface area contributed by atoms with E-state index < -0.39 is 0 Å². The quantitative estimate of drug-likeness (QED) is 0.800. The molecule has 0 spiro atoms. The maximum Gasteiger partial charge on any atom is 0.236 e. The lowest BCUT2D eigenvalue weighted by atomic mass is 10.1. The second-order valence-electron chi connectivity index (χ2n) is 5.20. The average Bonchev–Trinajstić information content (AvgIpc) is 2.72. The van der Waals surface area contributed by atoms with Gasteiger partial charge in [0.2, 0.25) is 5.91 Å². The molecule has 5 nitrogen and oxygen atoms in total. The van der Waals surface area contributed by atoms with Gasteiger partial charge in [0.05, 0.1) is 12.2 Å². The fraction of sp³-hybridized carbons (Fsp3) is 0.692. The van der Waals surface area contributed by atoms with Gasteiger partial charge in [-0.3, -0.25) is 14.8 Å². The molecule has 0 aliphatic carbocycles. The lowest BCUT2D eigenvalue weighted by Crippen LogP contribution is -2.44. The van der Waals surface area contributed by atoms with Crippen LogP contribution >= 0.6 is 0 Å². The van der Waals surface area contributed by atoms with Crippen LogP contribution in [0.15, 0.2) is 12.4 Å². The van der Waals surface area contributed by atoms with Gasteiger partial charge in [-0.25, -0.2) is 0 Å². The molecule has 1 amide bonds. The molecule has 5 heteroatoms. The minimum Gasteiger partial charge on any atom is -0.354 e. The van der Waals surface area contributed by atoms with Crippen molar-refractivity contribution in [3.8, 4) is 0 Å². The Morgan fingerprint density at radius 2 is 2.06 bits per heavy atom. The molecule has 0 saturated heterocycles. The van der Waals surface area contributed by atoms with E-state index in [-0.39, 0.29) is 18.0 Å². The SMILES string of the molecule is CC(C)CNC(=O)C(C)NC(C)c1cnn(C)c1. The van der Waals surface area contributed by atoms with Gasteiger partial charge in [-0.05, 0) is 19.8 Å². The highest BCUT2D eigenvalue weighted by Crippen LogP contribution is 2.11. The topological polar surface area (TPSA) is 59.0 Å². The molecule has 102 valence electrons. The van der Waals surface area contributed by atoms with Crippen molar-refractivity contribution in [2.24, 2.45) is 13.0 Å². The molecule has 1 heterocycles. The number of amides is 1. The van der Waals surface area contributed by atoms with Crippen LogP contribution in [-0.2, 0) is 11.8 Å². The first kappa shape index (κ1) is 14.7. The molecule has 2 atom stereocenters. The lowest BCUT2D eigenvalue weighted by molar-refractivity contribution is -0.123. The summed E-state index contributed by atoms with van der Waals surface area (Å²) in [4.78, 5) is 11.8. The van der Waals surface area contributed by atoms with Crippen LogP contribution in [0, 0.1) is 5.92 Å². The van der Waals surface area contributed by atoms with Gasteiger partial charge >= 0.3 is 0 Å². The molecule has 0 radical (unpaired) electrons. The molecule has 0 aliphatic rings. The number of aromatic nitrogens is 2. The summed E-state index contributed by atoms with van der Waals surface area (Å²) in [7, 11) is 1.88. The zero-order chi connectivity index (χ0) is 13.7. The number of nitrogens with zero attached hydrogens (tertiary/aromatic N) is 2. The monoisotopic (exact) mass is 252 g/mol. The van der Waals surface area contributed by atoms with Crippen molar-refractivity contribution in [3.05, 3.63) is 18.0 Å². The van der Waals surface area contributed by atoms with E-state index in [4.69, 9.17) is 0 Å². The zero-order valence-corrected chi connectivity index (χ0v) is 11.9. The number of hydrogen-bond donors (Lipinski definition) is 2. The third kappa shape index (κ3) is 4.49. The number of hydrogen-bond acceptors (Lipinski definition) is 3. The zero-order valence-electron chi connectivity index (χ0n) is 11.9. The van der Waals surface area contributed by atoms with E-state index in [0.29, 0.717) is 12.5 Å². The van der Waals surface area contributed by atoms with Crippen molar-refractivity contribution in [2.45, 2.75) is 39.8 Å². The highest BCUT2D eigenvalue weighted by molar-refractivity contribution is 5.81. The van der Waals surface area contributed by atoms with Gasteiger partial charge < -0.3 is 5.32 Å². The van der Waals surface area contributed by atoms with Gasteiger partial charge in [0.1, 0.15) is 0 Å². The summed E-state index contributed by atoms with van der Waals surface area (Å²) < 4.78 is 1.76. The summed E-state index contributed by atoms with van der Waals surface area (Å²) in [5, 5.41) is 10.3. The molecule has 2 unspecified atom stereocenters. The van der Waals surface area contributed by atoms with E-state index in [0.717, 1.165) is 5.56 Å². The Balaban J connectivity index is 2.43. The van der Waals surface area contributed by atoms with Crippen LogP contribution in [0.2, 0.25) is 0 Å². The smallest absolute Gasteiger partial charge is 0.236 e. The Bertz CT molecular complexity index is 386. The summed E-state index contributed by atoms with van der Waals surface area (Å²) in [6.07, 6.45) is 3.77. The van der Waals surface area contributed by atoms with Gasteiger partial charge in [0.25, 0.3) is 0 Å². The number of nitrogens with one attached hydrogen (secondary N) is 2. The van der Waals surface area contributed by atoms with Crippen molar-refractivity contribution >= 4 is 5.91 Å². The summed E-state index contributed by atoms with van der Waals surface area (Å²) in [6, 6.07) is -0.0996. The fourth-order valence-electron chi connectivity index (χ4n) is 1.67. The lowest BCUT2D eigenvalue weighted by Gasteiger charge is -2.19. The van der Waals surface area contributed by atoms with Crippen molar-refractivity contribution in [1.82, 2.24) is 20.4 Å². The maximum atomic E-state index is 11.8. The Hall–Kier alpha value is -1.36. The van der Waals surface area contributed by atoms with E-state index >= 15 is 0 Å². The van der Waals surface area contributed by atoms with Crippen LogP contribution in [0.25, 0.3) is 0 Å². The molecule has 0 bridgehead atoms. The van der Waals surface area contributed by atoms with Crippen LogP contribution in [-0.4, -0.2) is 28.3 Å². The predicted molar refractivity (Wildman–Crippen MR) is 72.1 cm³/mol. The Morgan fingerprint density at radius 1 is 1.39 bits per heavy atom. The molecule has 18 heavy (non-hydrogen) atoms. The van der Waals surface area contributed by atoms with Gasteiger partial charge in [-0.2, -0.15) is 5.10 Å². The molecule has 0 aromatic carbocycles. The predicted octanol–water partition coefficient (Wildman–Crippen LogP) is 1.23. The van der Waals surface area contributed by atoms with Gasteiger partial charge in [-0.15, -0.1) is 0 Å². The molecule has 0 saturated carbocycles. The van der Waals surface area contributed by atoms with E-state index in [9.17, 15) is 4.79 Å². The van der Waals surface area contributed by atoms with Crippen molar-refractivity contribution in [3.63, 3.8) is 0 Å². The van der Waals surface area contributed by atoms with E-state index in [1.54, 1.807) is 4.68 Å². The Kier molecular flexibility index (Phi) is 5.34. The number of rotatable bonds is 6. The molecule has 0 fully saturated rings. The first-order chi connectivity index (χ1) is 8.40. The van der Waals surface area contributed by atoms with Crippen molar-refractivity contribution in [2.75, 3.05) is 6.54 Å². The summed E-state index contributed by atoms with van der Waals surface area (Å²) in [6.45, 7) is 8.78. The number of aryl methyl sites for hydroxylation is 1. The second-order valence-corrected chi connectivity index (χ2v) is 5.20. The molecular weight excluding hydrogens is 228 g/mol. The molecule has 1 rings (SSSR count). The fourth-order valence-corrected chi connectivity index (χ4v) is 1.67. The highest BCUT2D eigenvalue weighted by atomic mass is 16.2. The maximum absolute atomic E-state index is 11.8. The van der Waals surface area contributed by atoms with Crippen LogP contribution in [0.4, 0.5) is 0 Å². The van der Waals surface area contributed by atoms with Crippen LogP contribution < -0.4 is 10.6 Å². The molecule has 1 aromatic heterocycles. The highest BCUT2D eigenvalue weighted by Gasteiger charge is 2.16. The minimum atomic E-state index is -0.209. The number of carbonyl (C=O) groups is 1. The first-order valence-corrected chi connectivity index (χ1v) is 6.42. The summed E-state index contributed by atoms with van der Waals surface area (Å²) in [5.41, 5.74) is 1.08. The molecule has 0 aliphatic heterocycles. The third-order valence-electron chi connectivity index (χ3n) is 2.80. The number of carbonyl (C=O) groups excluding carboxylic acids is 1. The largest absolute Gasteiger partial charge is 0.354 e. The average molecular weight is 252 g/mol. The van der Waals surface area contributed by atoms with Crippen LogP contribution in [0.1, 0.15) is 39.3 Å². The summed E-state index contributed by atoms with van der Waals surface area (Å²) in [5.74, 6) is 0.510. The third-order valence-corrected chi connectivity index (χ3v) is 2.80. The van der Waals surface area contributed by atoms with E-state index in [1.807, 2.05) is 33.3 Å². The molecule has 2 N–H and O–H groups in total. The van der Waals surface area contributed by atoms with Gasteiger partial charge in [-0.1, -0.05) is 13.8 Å². The Labute approximate surface area is 109 Å². The standard InChI is InChI=1S/C13H24N4O/c1-9(2)6-14-13(18)11(4)16-10(3)12-7-15-17(5)8-12/h7-11,16H,6H2,1-5H3,(H,14,18). The molecule has 1 aromatic rings. The van der Waals surface area contributed by atoms with E-state index in [1.165, 1.54) is 0 Å². The normalized spacial score (nSPS) is 14.6. The Morgan fingerprint density at radius 3 is 2.56 bits per heavy atom. The van der Waals surface area contributed by atoms with Crippen LogP contribution in [0.3, 0.4) is 0 Å². The first-order valence-electron chi connectivity index (χ1n) is 6.42. The van der Waals surface area contributed by atoms with E-state index in [2.05, 4.69) is 29.6 Å². The minimum absolute atomic E-state index is 0.0411. The van der Waals surface area contributed by atoms with Crippen molar-refractivity contribution in [1.29, 1.82) is 0 Å². The molecular formula is C13H24N4O. The van der Waals surface area contributed by atoms with Gasteiger partial charge in [0.15, 0.2) is 0 Å². The van der Waals surface area contributed by atoms with Crippen molar-refractivity contribution < 1.29 is 4.79 Å². The summed E-state index contributed by atoms with van der Waals surface area (Å²) >= 11 is 0. The second kappa shape index (κ2) is 6.54.